The van der Waals surface area contributed by atoms with Crippen LogP contribution in [0.15, 0.2) is 23.5 Å². The molecule has 0 aliphatic rings. The maximum absolute atomic E-state index is 11.8. The number of aromatic nitrogens is 1. The number of carbonyl (C=O) groups is 2. The van der Waals surface area contributed by atoms with Gasteiger partial charge in [0, 0.05) is 6.20 Å². The van der Waals surface area contributed by atoms with Crippen molar-refractivity contribution >= 4 is 23.3 Å². The molecule has 0 saturated heterocycles. The van der Waals surface area contributed by atoms with Crippen molar-refractivity contribution in [2.24, 2.45) is 5.16 Å². The maximum atomic E-state index is 11.8. The van der Waals surface area contributed by atoms with Gasteiger partial charge in [-0.1, -0.05) is 5.16 Å². The molecule has 0 atom stereocenters. The lowest BCUT2D eigenvalue weighted by atomic mass is 10.1. The normalized spacial score (nSPS) is 11.1. The molecule has 7 nitrogen and oxygen atoms in total. The van der Waals surface area contributed by atoms with Gasteiger partial charge in [-0.2, -0.15) is 0 Å². The van der Waals surface area contributed by atoms with E-state index in [0.717, 1.165) is 0 Å². The monoisotopic (exact) mass is 251 g/mol. The van der Waals surface area contributed by atoms with Crippen LogP contribution < -0.4 is 5.73 Å². The number of pyridine rings is 1. The zero-order valence-electron chi connectivity index (χ0n) is 9.79. The van der Waals surface area contributed by atoms with E-state index >= 15 is 0 Å². The van der Waals surface area contributed by atoms with Gasteiger partial charge < -0.3 is 15.7 Å². The van der Waals surface area contributed by atoms with Crippen LogP contribution in [-0.2, 0) is 9.53 Å². The Balaban J connectivity index is 2.81. The number of hydrogen-bond donors (Lipinski definition) is 2. The van der Waals surface area contributed by atoms with E-state index in [1.807, 2.05) is 0 Å². The van der Waals surface area contributed by atoms with Crippen molar-refractivity contribution in [3.8, 4) is 0 Å². The van der Waals surface area contributed by atoms with Crippen LogP contribution >= 0.6 is 0 Å². The summed E-state index contributed by atoms with van der Waals surface area (Å²) < 4.78 is 4.63. The Morgan fingerprint density at radius 1 is 1.56 bits per heavy atom. The van der Waals surface area contributed by atoms with Gasteiger partial charge in [-0.25, -0.2) is 9.78 Å². The topological polar surface area (TPSA) is 115 Å². The summed E-state index contributed by atoms with van der Waals surface area (Å²) in [6.07, 6.45) is 1.05. The highest BCUT2D eigenvalue weighted by molar-refractivity contribution is 6.40. The first kappa shape index (κ1) is 13.6. The van der Waals surface area contributed by atoms with Crippen molar-refractivity contribution in [3.63, 3.8) is 0 Å². The van der Waals surface area contributed by atoms with Crippen LogP contribution in [0.1, 0.15) is 23.7 Å². The van der Waals surface area contributed by atoms with Crippen LogP contribution in [0.2, 0.25) is 0 Å². The van der Waals surface area contributed by atoms with Crippen molar-refractivity contribution in [3.05, 3.63) is 23.9 Å². The third kappa shape index (κ3) is 3.27. The third-order valence-corrected chi connectivity index (χ3v) is 2.10. The molecule has 7 heteroatoms. The number of nitrogens with zero attached hydrogens (tertiary/aromatic N) is 2. The lowest BCUT2D eigenvalue weighted by Gasteiger charge is -2.05. The van der Waals surface area contributed by atoms with E-state index in [2.05, 4.69) is 14.9 Å². The van der Waals surface area contributed by atoms with Crippen LogP contribution in [-0.4, -0.2) is 34.3 Å². The summed E-state index contributed by atoms with van der Waals surface area (Å²) in [7, 11) is 0. The highest BCUT2D eigenvalue weighted by Gasteiger charge is 2.20. The van der Waals surface area contributed by atoms with Crippen molar-refractivity contribution in [1.82, 2.24) is 4.98 Å². The first-order valence-corrected chi connectivity index (χ1v) is 5.21. The Morgan fingerprint density at radius 3 is 2.83 bits per heavy atom. The molecule has 1 heterocycles. The van der Waals surface area contributed by atoms with Gasteiger partial charge in [0.2, 0.25) is 0 Å². The molecule has 0 aliphatic heterocycles. The van der Waals surface area contributed by atoms with Crippen LogP contribution in [0.25, 0.3) is 0 Å². The number of ketones is 1. The van der Waals surface area contributed by atoms with Gasteiger partial charge in [0.05, 0.1) is 18.6 Å². The van der Waals surface area contributed by atoms with E-state index in [9.17, 15) is 9.59 Å². The number of hydrogen-bond acceptors (Lipinski definition) is 7. The number of oxime groups is 1. The number of Topliss-reactive ketones (excluding diaryl/α,β-unsaturated/α-hetero) is 1. The summed E-state index contributed by atoms with van der Waals surface area (Å²) >= 11 is 0. The Labute approximate surface area is 103 Å². The summed E-state index contributed by atoms with van der Waals surface area (Å²) in [6.45, 7) is 1.73. The smallest absolute Gasteiger partial charge is 0.356 e. The fourth-order valence-electron chi connectivity index (χ4n) is 1.26. The zero-order chi connectivity index (χ0) is 13.5. The minimum Gasteiger partial charge on any atom is -0.461 e. The van der Waals surface area contributed by atoms with Crippen molar-refractivity contribution < 1.29 is 19.5 Å². The Kier molecular flexibility index (Phi) is 4.79. The lowest BCUT2D eigenvalue weighted by molar-refractivity contribution is -0.135. The minimum atomic E-state index is -0.837. The molecule has 1 aromatic heterocycles. The first-order valence-electron chi connectivity index (χ1n) is 5.21. The average molecular weight is 251 g/mol. The molecular formula is C11H13N3O4. The minimum absolute atomic E-state index is 0.0589. The average Bonchev–Trinajstić information content (AvgIpc) is 2.36. The van der Waals surface area contributed by atoms with E-state index in [4.69, 9.17) is 10.9 Å². The number of esters is 1. The van der Waals surface area contributed by atoms with Gasteiger partial charge in [0.1, 0.15) is 5.82 Å². The standard InChI is InChI=1S/C11H13N3O4/c1-2-18-11(16)8(14-17)6-9(15)7-4-3-5-13-10(7)12/h3-5,17H,2,6H2,1H3,(H2,12,13)/b14-8-. The van der Waals surface area contributed by atoms with Gasteiger partial charge in [-0.05, 0) is 19.1 Å². The summed E-state index contributed by atoms with van der Waals surface area (Å²) in [5.74, 6) is -1.25. The van der Waals surface area contributed by atoms with Crippen LogP contribution in [0.5, 0.6) is 0 Å². The highest BCUT2D eigenvalue weighted by Crippen LogP contribution is 2.10. The Hall–Kier alpha value is -2.44. The molecular weight excluding hydrogens is 238 g/mol. The van der Waals surface area contributed by atoms with E-state index in [-0.39, 0.29) is 23.7 Å². The highest BCUT2D eigenvalue weighted by atomic mass is 16.5. The molecule has 0 saturated carbocycles. The molecule has 0 amide bonds. The van der Waals surface area contributed by atoms with Crippen LogP contribution in [0, 0.1) is 0 Å². The molecule has 0 fully saturated rings. The van der Waals surface area contributed by atoms with Crippen LogP contribution in [0.4, 0.5) is 5.82 Å². The van der Waals surface area contributed by atoms with Gasteiger partial charge in [-0.3, -0.25) is 4.79 Å². The Bertz CT molecular complexity index is 485. The fourth-order valence-corrected chi connectivity index (χ4v) is 1.26. The van der Waals surface area contributed by atoms with Gasteiger partial charge >= 0.3 is 5.97 Å². The lowest BCUT2D eigenvalue weighted by Crippen LogP contribution is -2.21. The number of rotatable bonds is 5. The summed E-state index contributed by atoms with van der Waals surface area (Å²) in [4.78, 5) is 26.9. The molecule has 1 rings (SSSR count). The fraction of sp³-hybridized carbons (Fsp3) is 0.273. The van der Waals surface area contributed by atoms with E-state index in [1.54, 1.807) is 13.0 Å². The predicted octanol–water partition coefficient (Wildman–Crippen LogP) is 0.630. The van der Waals surface area contributed by atoms with Crippen LogP contribution in [0.3, 0.4) is 0 Å². The maximum Gasteiger partial charge on any atom is 0.356 e. The number of nitrogen functional groups attached to an aromatic ring is 1. The largest absolute Gasteiger partial charge is 0.461 e. The second kappa shape index (κ2) is 6.33. The molecule has 0 aliphatic carbocycles. The van der Waals surface area contributed by atoms with Gasteiger partial charge in [-0.15, -0.1) is 0 Å². The summed E-state index contributed by atoms with van der Waals surface area (Å²) in [5.41, 5.74) is 5.32. The first-order chi connectivity index (χ1) is 8.60. The van der Waals surface area contributed by atoms with E-state index in [0.29, 0.717) is 0 Å². The van der Waals surface area contributed by atoms with Gasteiger partial charge in [0.15, 0.2) is 11.5 Å². The molecule has 0 bridgehead atoms. The number of ether oxygens (including phenoxy) is 1. The molecule has 96 valence electrons. The van der Waals surface area contributed by atoms with E-state index in [1.165, 1.54) is 12.3 Å². The number of anilines is 1. The van der Waals surface area contributed by atoms with Crippen molar-refractivity contribution in [2.45, 2.75) is 13.3 Å². The molecule has 1 aromatic rings. The molecule has 18 heavy (non-hydrogen) atoms. The number of carbonyl (C=O) groups excluding carboxylic acids is 2. The molecule has 0 aromatic carbocycles. The molecule has 0 radical (unpaired) electrons. The predicted molar refractivity (Wildman–Crippen MR) is 63.5 cm³/mol. The zero-order valence-corrected chi connectivity index (χ0v) is 9.79. The second-order valence-electron chi connectivity index (χ2n) is 3.30. The van der Waals surface area contributed by atoms with Crippen molar-refractivity contribution in [1.29, 1.82) is 0 Å². The second-order valence-corrected chi connectivity index (χ2v) is 3.30. The Morgan fingerprint density at radius 2 is 2.28 bits per heavy atom. The summed E-state index contributed by atoms with van der Waals surface area (Å²) in [5, 5.41) is 11.4. The van der Waals surface area contributed by atoms with Gasteiger partial charge in [0.25, 0.3) is 0 Å². The third-order valence-electron chi connectivity index (χ3n) is 2.10. The number of nitrogens with two attached hydrogens (primary N) is 1. The molecule has 3 N–H and O–H groups in total. The van der Waals surface area contributed by atoms with Crippen molar-refractivity contribution in [2.75, 3.05) is 12.3 Å². The molecule has 0 spiro atoms. The molecule has 0 unspecified atom stereocenters. The SMILES string of the molecule is CCOC(=O)/C(CC(=O)c1cccnc1N)=N\O. The van der Waals surface area contributed by atoms with E-state index < -0.39 is 18.2 Å². The summed E-state index contributed by atoms with van der Waals surface area (Å²) in [6, 6.07) is 3.02. The quantitative estimate of drug-likeness (QED) is 0.261.